The van der Waals surface area contributed by atoms with Crippen LogP contribution in [-0.2, 0) is 12.6 Å². The van der Waals surface area contributed by atoms with Crippen LogP contribution in [0.4, 0.5) is 13.2 Å². The molecule has 0 aliphatic rings. The van der Waals surface area contributed by atoms with E-state index < -0.39 is 11.7 Å². The van der Waals surface area contributed by atoms with Gasteiger partial charge in [0.2, 0.25) is 0 Å². The maximum atomic E-state index is 12.4. The maximum Gasteiger partial charge on any atom is 0.416 e. The summed E-state index contributed by atoms with van der Waals surface area (Å²) in [6.07, 6.45) is -3.62. The van der Waals surface area contributed by atoms with Gasteiger partial charge in [-0.25, -0.2) is 0 Å². The van der Waals surface area contributed by atoms with E-state index in [1.807, 2.05) is 12.1 Å². The molecule has 0 aliphatic carbocycles. The van der Waals surface area contributed by atoms with Crippen molar-refractivity contribution >= 4 is 17.4 Å². The third-order valence-electron chi connectivity index (χ3n) is 3.09. The van der Waals surface area contributed by atoms with Crippen LogP contribution in [0.2, 0.25) is 5.02 Å². The molecule has 0 saturated carbocycles. The highest BCUT2D eigenvalue weighted by Gasteiger charge is 2.30. The normalized spacial score (nSPS) is 11.4. The van der Waals surface area contributed by atoms with E-state index in [0.29, 0.717) is 11.4 Å². The number of hydrogen-bond acceptors (Lipinski definition) is 1. The van der Waals surface area contributed by atoms with Gasteiger partial charge in [0.15, 0.2) is 5.78 Å². The summed E-state index contributed by atoms with van der Waals surface area (Å²) in [4.78, 5) is 11.9. The SMILES string of the molecule is O=C(CCc1ccc(Cl)cc1)c1ccc(C(F)(F)F)cc1. The fourth-order valence-corrected chi connectivity index (χ4v) is 2.02. The summed E-state index contributed by atoms with van der Waals surface area (Å²) in [6, 6.07) is 11.4. The molecule has 2 aromatic rings. The van der Waals surface area contributed by atoms with Gasteiger partial charge in [0.25, 0.3) is 0 Å². The van der Waals surface area contributed by atoms with Crippen molar-refractivity contribution in [3.05, 3.63) is 70.2 Å². The van der Waals surface area contributed by atoms with Crippen molar-refractivity contribution < 1.29 is 18.0 Å². The molecule has 21 heavy (non-hydrogen) atoms. The molecule has 1 nitrogen and oxygen atoms in total. The molecule has 0 aromatic heterocycles. The fraction of sp³-hybridized carbons (Fsp3) is 0.188. The lowest BCUT2D eigenvalue weighted by atomic mass is 10.0. The van der Waals surface area contributed by atoms with Crippen molar-refractivity contribution in [1.29, 1.82) is 0 Å². The number of hydrogen-bond donors (Lipinski definition) is 0. The minimum Gasteiger partial charge on any atom is -0.294 e. The zero-order valence-corrected chi connectivity index (χ0v) is 11.7. The summed E-state index contributed by atoms with van der Waals surface area (Å²) in [5.74, 6) is -0.182. The predicted molar refractivity (Wildman–Crippen MR) is 75.5 cm³/mol. The largest absolute Gasteiger partial charge is 0.416 e. The Morgan fingerprint density at radius 2 is 1.52 bits per heavy atom. The Balaban J connectivity index is 1.99. The standard InChI is InChI=1S/C16H12ClF3O/c17-14-8-1-11(2-9-14)3-10-15(21)12-4-6-13(7-5-12)16(18,19)20/h1-2,4-9H,3,10H2. The van der Waals surface area contributed by atoms with E-state index in [1.54, 1.807) is 12.1 Å². The van der Waals surface area contributed by atoms with E-state index in [-0.39, 0.29) is 17.8 Å². The average Bonchev–Trinajstić information content (AvgIpc) is 2.45. The predicted octanol–water partition coefficient (Wildman–Crippen LogP) is 5.17. The number of rotatable bonds is 4. The van der Waals surface area contributed by atoms with Crippen LogP contribution in [-0.4, -0.2) is 5.78 Å². The number of alkyl halides is 3. The second-order valence-corrected chi connectivity index (χ2v) is 5.06. The Morgan fingerprint density at radius 1 is 0.952 bits per heavy atom. The highest BCUT2D eigenvalue weighted by atomic mass is 35.5. The minimum absolute atomic E-state index is 0.182. The molecular weight excluding hydrogens is 301 g/mol. The van der Waals surface area contributed by atoms with Crippen LogP contribution in [0.5, 0.6) is 0 Å². The van der Waals surface area contributed by atoms with Gasteiger partial charge in [-0.15, -0.1) is 0 Å². The fourth-order valence-electron chi connectivity index (χ4n) is 1.90. The Kier molecular flexibility index (Phi) is 4.68. The third-order valence-corrected chi connectivity index (χ3v) is 3.34. The van der Waals surface area contributed by atoms with Gasteiger partial charge in [0.1, 0.15) is 0 Å². The molecule has 0 bridgehead atoms. The van der Waals surface area contributed by atoms with Crippen LogP contribution in [0.15, 0.2) is 48.5 Å². The van der Waals surface area contributed by atoms with Gasteiger partial charge in [0, 0.05) is 17.0 Å². The molecule has 2 aromatic carbocycles. The number of benzene rings is 2. The number of aryl methyl sites for hydroxylation is 1. The Labute approximate surface area is 125 Å². The zero-order chi connectivity index (χ0) is 15.5. The number of Topliss-reactive ketones (excluding diaryl/α,β-unsaturated/α-hetero) is 1. The Bertz CT molecular complexity index is 615. The summed E-state index contributed by atoms with van der Waals surface area (Å²) >= 11 is 5.76. The van der Waals surface area contributed by atoms with Crippen LogP contribution in [0.25, 0.3) is 0 Å². The molecular formula is C16H12ClF3O. The smallest absolute Gasteiger partial charge is 0.294 e. The van der Waals surface area contributed by atoms with Crippen molar-refractivity contribution in [3.63, 3.8) is 0 Å². The monoisotopic (exact) mass is 312 g/mol. The number of halogens is 4. The zero-order valence-electron chi connectivity index (χ0n) is 11.0. The summed E-state index contributed by atoms with van der Waals surface area (Å²) < 4.78 is 37.3. The van der Waals surface area contributed by atoms with Crippen LogP contribution in [0.1, 0.15) is 27.9 Å². The molecule has 0 heterocycles. The molecule has 0 atom stereocenters. The van der Waals surface area contributed by atoms with Gasteiger partial charge in [-0.05, 0) is 36.2 Å². The molecule has 110 valence electrons. The first-order valence-electron chi connectivity index (χ1n) is 6.31. The lowest BCUT2D eigenvalue weighted by molar-refractivity contribution is -0.137. The number of carbonyl (C=O) groups excluding carboxylic acids is 1. The van der Waals surface area contributed by atoms with Gasteiger partial charge in [-0.3, -0.25) is 4.79 Å². The lowest BCUT2D eigenvalue weighted by Crippen LogP contribution is -2.06. The maximum absolute atomic E-state index is 12.4. The van der Waals surface area contributed by atoms with Crippen molar-refractivity contribution in [2.24, 2.45) is 0 Å². The van der Waals surface area contributed by atoms with Gasteiger partial charge in [0.05, 0.1) is 5.56 Å². The quantitative estimate of drug-likeness (QED) is 0.711. The van der Waals surface area contributed by atoms with Crippen molar-refractivity contribution in [3.8, 4) is 0 Å². The summed E-state index contributed by atoms with van der Waals surface area (Å²) in [5, 5.41) is 0.618. The minimum atomic E-state index is -4.38. The first kappa shape index (κ1) is 15.6. The average molecular weight is 313 g/mol. The van der Waals surface area contributed by atoms with E-state index >= 15 is 0 Å². The van der Waals surface area contributed by atoms with Gasteiger partial charge in [-0.2, -0.15) is 13.2 Å². The van der Waals surface area contributed by atoms with E-state index in [2.05, 4.69) is 0 Å². The van der Waals surface area contributed by atoms with Crippen LogP contribution < -0.4 is 0 Å². The molecule has 5 heteroatoms. The van der Waals surface area contributed by atoms with Crippen molar-refractivity contribution in [2.75, 3.05) is 0 Å². The van der Waals surface area contributed by atoms with Crippen molar-refractivity contribution in [2.45, 2.75) is 19.0 Å². The Hall–Kier alpha value is -1.81. The molecule has 0 N–H and O–H groups in total. The number of ketones is 1. The molecule has 0 amide bonds. The van der Waals surface area contributed by atoms with Crippen LogP contribution in [0, 0.1) is 0 Å². The molecule has 0 unspecified atom stereocenters. The third kappa shape index (κ3) is 4.33. The van der Waals surface area contributed by atoms with Crippen LogP contribution in [0.3, 0.4) is 0 Å². The Morgan fingerprint density at radius 3 is 2.05 bits per heavy atom. The van der Waals surface area contributed by atoms with E-state index in [0.717, 1.165) is 17.7 Å². The topological polar surface area (TPSA) is 17.1 Å². The van der Waals surface area contributed by atoms with E-state index in [1.165, 1.54) is 12.1 Å². The highest BCUT2D eigenvalue weighted by molar-refractivity contribution is 6.30. The molecule has 0 fully saturated rings. The first-order valence-corrected chi connectivity index (χ1v) is 6.69. The van der Waals surface area contributed by atoms with Crippen LogP contribution >= 0.6 is 11.6 Å². The van der Waals surface area contributed by atoms with E-state index in [9.17, 15) is 18.0 Å². The summed E-state index contributed by atoms with van der Waals surface area (Å²) in [6.45, 7) is 0. The summed E-state index contributed by atoms with van der Waals surface area (Å²) in [7, 11) is 0. The second kappa shape index (κ2) is 6.31. The molecule has 2 rings (SSSR count). The first-order chi connectivity index (χ1) is 9.86. The molecule has 0 aliphatic heterocycles. The van der Waals surface area contributed by atoms with Gasteiger partial charge < -0.3 is 0 Å². The van der Waals surface area contributed by atoms with Gasteiger partial charge in [-0.1, -0.05) is 35.9 Å². The van der Waals surface area contributed by atoms with Crippen molar-refractivity contribution in [1.82, 2.24) is 0 Å². The molecule has 0 spiro atoms. The molecule has 0 saturated heterocycles. The molecule has 0 radical (unpaired) electrons. The number of carbonyl (C=O) groups is 1. The lowest BCUT2D eigenvalue weighted by Gasteiger charge is -2.07. The van der Waals surface area contributed by atoms with E-state index in [4.69, 9.17) is 11.6 Å². The summed E-state index contributed by atoms with van der Waals surface area (Å²) in [5.41, 5.74) is 0.494. The highest BCUT2D eigenvalue weighted by Crippen LogP contribution is 2.29. The second-order valence-electron chi connectivity index (χ2n) is 4.62. The van der Waals surface area contributed by atoms with Gasteiger partial charge >= 0.3 is 6.18 Å².